The minimum absolute atomic E-state index is 0.181. The van der Waals surface area contributed by atoms with Gasteiger partial charge in [-0.05, 0) is 43.9 Å². The largest absolute Gasteiger partial charge is 0.333 e. The third-order valence-corrected chi connectivity index (χ3v) is 5.17. The third kappa shape index (κ3) is 1.22. The highest BCUT2D eigenvalue weighted by atomic mass is 16.2. The zero-order valence-electron chi connectivity index (χ0n) is 10.8. The smallest absolute Gasteiger partial charge is 0.226 e. The summed E-state index contributed by atoms with van der Waals surface area (Å²) in [7, 11) is 0. The number of rotatable bonds is 1. The molecule has 2 heterocycles. The summed E-state index contributed by atoms with van der Waals surface area (Å²) in [5.41, 5.74) is 0.413. The number of amides is 1. The highest BCUT2D eigenvalue weighted by molar-refractivity contribution is 5.82. The first-order valence-corrected chi connectivity index (χ1v) is 6.79. The van der Waals surface area contributed by atoms with Crippen LogP contribution >= 0.6 is 0 Å². The van der Waals surface area contributed by atoms with Gasteiger partial charge in [-0.2, -0.15) is 0 Å². The Balaban J connectivity index is 2.02. The van der Waals surface area contributed by atoms with Crippen molar-refractivity contribution in [2.75, 3.05) is 0 Å². The maximum Gasteiger partial charge on any atom is 0.226 e. The number of carbonyl (C=O) groups is 1. The molecule has 16 heavy (non-hydrogen) atoms. The van der Waals surface area contributed by atoms with Crippen LogP contribution in [0.4, 0.5) is 0 Å². The number of nitrogens with zero attached hydrogens (tertiary/aromatic N) is 1. The first kappa shape index (κ1) is 10.6. The van der Waals surface area contributed by atoms with E-state index < -0.39 is 0 Å². The number of hydrogen-bond donors (Lipinski definition) is 0. The molecule has 2 nitrogen and oxygen atoms in total. The SMILES string of the molecule is CC(C)(C)C12CCC(CC1)C(=O)N2C1CC1. The summed E-state index contributed by atoms with van der Waals surface area (Å²) in [6.07, 6.45) is 7.25. The van der Waals surface area contributed by atoms with Gasteiger partial charge in [0.2, 0.25) is 5.91 Å². The van der Waals surface area contributed by atoms with E-state index in [0.717, 1.165) is 12.8 Å². The van der Waals surface area contributed by atoms with Gasteiger partial charge in [0, 0.05) is 17.5 Å². The lowest BCUT2D eigenvalue weighted by molar-refractivity contribution is -0.169. The Morgan fingerprint density at radius 2 is 1.69 bits per heavy atom. The highest BCUT2D eigenvalue weighted by Gasteiger charge is 2.59. The summed E-state index contributed by atoms with van der Waals surface area (Å²) in [4.78, 5) is 14.8. The molecule has 0 N–H and O–H groups in total. The van der Waals surface area contributed by atoms with E-state index in [-0.39, 0.29) is 11.0 Å². The predicted molar refractivity (Wildman–Crippen MR) is 64.0 cm³/mol. The average Bonchev–Trinajstić information content (AvgIpc) is 3.01. The van der Waals surface area contributed by atoms with Crippen molar-refractivity contribution in [3.8, 4) is 0 Å². The van der Waals surface area contributed by atoms with Crippen LogP contribution in [0, 0.1) is 11.3 Å². The third-order valence-electron chi connectivity index (χ3n) is 5.17. The molecule has 4 rings (SSSR count). The van der Waals surface area contributed by atoms with Crippen molar-refractivity contribution >= 4 is 5.91 Å². The molecule has 0 atom stereocenters. The normalized spacial score (nSPS) is 39.3. The molecule has 2 heteroatoms. The lowest BCUT2D eigenvalue weighted by Crippen LogP contribution is -2.67. The monoisotopic (exact) mass is 221 g/mol. The van der Waals surface area contributed by atoms with Gasteiger partial charge in [0.25, 0.3) is 0 Å². The Labute approximate surface area is 98.4 Å². The molecule has 0 aromatic carbocycles. The van der Waals surface area contributed by atoms with Crippen molar-refractivity contribution in [1.29, 1.82) is 0 Å². The summed E-state index contributed by atoms with van der Waals surface area (Å²) in [6.45, 7) is 6.96. The van der Waals surface area contributed by atoms with E-state index in [2.05, 4.69) is 25.7 Å². The van der Waals surface area contributed by atoms with Crippen molar-refractivity contribution in [2.45, 2.75) is 70.9 Å². The van der Waals surface area contributed by atoms with E-state index in [4.69, 9.17) is 0 Å². The Kier molecular flexibility index (Phi) is 2.01. The molecule has 2 saturated heterocycles. The number of piperidine rings is 2. The van der Waals surface area contributed by atoms with E-state index >= 15 is 0 Å². The van der Waals surface area contributed by atoms with Gasteiger partial charge < -0.3 is 4.90 Å². The molecule has 2 bridgehead atoms. The molecular formula is C14H23NO. The van der Waals surface area contributed by atoms with Gasteiger partial charge in [-0.1, -0.05) is 20.8 Å². The summed E-state index contributed by atoms with van der Waals surface area (Å²) in [5.74, 6) is 0.847. The molecule has 0 unspecified atom stereocenters. The summed E-state index contributed by atoms with van der Waals surface area (Å²) in [6, 6.07) is 0.592. The molecule has 0 aromatic heterocycles. The standard InChI is InChI=1S/C14H23NO/c1-13(2,3)14-8-6-10(7-9-14)12(16)15(14)11-4-5-11/h10-11H,4-9H2,1-3H3. The highest BCUT2D eigenvalue weighted by Crippen LogP contribution is 2.55. The van der Waals surface area contributed by atoms with Crippen LogP contribution < -0.4 is 0 Å². The number of hydrogen-bond acceptors (Lipinski definition) is 1. The van der Waals surface area contributed by atoms with E-state index in [1.54, 1.807) is 0 Å². The first-order valence-electron chi connectivity index (χ1n) is 6.79. The number of carbonyl (C=O) groups excluding carboxylic acids is 1. The maximum atomic E-state index is 12.4. The fourth-order valence-corrected chi connectivity index (χ4v) is 3.96. The molecule has 0 radical (unpaired) electrons. The molecule has 2 saturated carbocycles. The quantitative estimate of drug-likeness (QED) is 0.666. The van der Waals surface area contributed by atoms with Crippen LogP contribution in [0.15, 0.2) is 0 Å². The van der Waals surface area contributed by atoms with Gasteiger partial charge >= 0.3 is 0 Å². The van der Waals surface area contributed by atoms with E-state index in [1.165, 1.54) is 25.7 Å². The first-order chi connectivity index (χ1) is 7.46. The van der Waals surface area contributed by atoms with Gasteiger partial charge in [-0.25, -0.2) is 0 Å². The molecule has 4 aliphatic rings. The van der Waals surface area contributed by atoms with Gasteiger partial charge in [0.1, 0.15) is 0 Å². The summed E-state index contributed by atoms with van der Waals surface area (Å²) in [5, 5.41) is 0. The van der Waals surface area contributed by atoms with Crippen LogP contribution in [0.3, 0.4) is 0 Å². The Morgan fingerprint density at radius 3 is 2.12 bits per heavy atom. The summed E-state index contributed by atoms with van der Waals surface area (Å²) >= 11 is 0. The lowest BCUT2D eigenvalue weighted by atomic mass is 9.59. The van der Waals surface area contributed by atoms with Crippen LogP contribution in [0.1, 0.15) is 59.3 Å². The second-order valence-electron chi connectivity index (χ2n) is 7.00. The van der Waals surface area contributed by atoms with Crippen LogP contribution in [-0.4, -0.2) is 22.4 Å². The molecule has 1 amide bonds. The Morgan fingerprint density at radius 1 is 1.12 bits per heavy atom. The fourth-order valence-electron chi connectivity index (χ4n) is 3.96. The zero-order chi connectivity index (χ0) is 11.6. The number of fused-ring (bicyclic) bond motifs is 3. The van der Waals surface area contributed by atoms with Crippen molar-refractivity contribution in [1.82, 2.24) is 4.90 Å². The van der Waals surface area contributed by atoms with Crippen molar-refractivity contribution in [3.05, 3.63) is 0 Å². The molecule has 2 aliphatic heterocycles. The van der Waals surface area contributed by atoms with Gasteiger partial charge in [0.15, 0.2) is 0 Å². The molecule has 0 aromatic rings. The minimum Gasteiger partial charge on any atom is -0.333 e. The van der Waals surface area contributed by atoms with E-state index in [0.29, 0.717) is 17.9 Å². The second-order valence-corrected chi connectivity index (χ2v) is 7.00. The average molecular weight is 221 g/mol. The van der Waals surface area contributed by atoms with Gasteiger partial charge in [0.05, 0.1) is 0 Å². The van der Waals surface area contributed by atoms with Crippen LogP contribution in [0.25, 0.3) is 0 Å². The van der Waals surface area contributed by atoms with Gasteiger partial charge in [-0.15, -0.1) is 0 Å². The molecule has 2 aliphatic carbocycles. The van der Waals surface area contributed by atoms with Crippen LogP contribution in [0.5, 0.6) is 0 Å². The van der Waals surface area contributed by atoms with E-state index in [9.17, 15) is 4.79 Å². The lowest BCUT2D eigenvalue weighted by Gasteiger charge is -2.60. The van der Waals surface area contributed by atoms with Crippen molar-refractivity contribution in [3.63, 3.8) is 0 Å². The predicted octanol–water partition coefficient (Wildman–Crippen LogP) is 2.97. The molecule has 90 valence electrons. The fraction of sp³-hybridized carbons (Fsp3) is 0.929. The van der Waals surface area contributed by atoms with Crippen molar-refractivity contribution < 1.29 is 4.79 Å². The Hall–Kier alpha value is -0.530. The van der Waals surface area contributed by atoms with Crippen LogP contribution in [-0.2, 0) is 4.79 Å². The van der Waals surface area contributed by atoms with Crippen molar-refractivity contribution in [2.24, 2.45) is 11.3 Å². The summed E-state index contributed by atoms with van der Waals surface area (Å²) < 4.78 is 0. The van der Waals surface area contributed by atoms with Crippen LogP contribution in [0.2, 0.25) is 0 Å². The maximum absolute atomic E-state index is 12.4. The van der Waals surface area contributed by atoms with Gasteiger partial charge in [-0.3, -0.25) is 4.79 Å². The topological polar surface area (TPSA) is 20.3 Å². The zero-order valence-corrected chi connectivity index (χ0v) is 10.8. The minimum atomic E-state index is 0.181. The molecule has 4 fully saturated rings. The second kappa shape index (κ2) is 3.02. The Bertz CT molecular complexity index is 316. The molecule has 0 spiro atoms. The molecular weight excluding hydrogens is 198 g/mol. The van der Waals surface area contributed by atoms with E-state index in [1.807, 2.05) is 0 Å².